The van der Waals surface area contributed by atoms with Crippen LogP contribution in [-0.2, 0) is 13.0 Å². The predicted molar refractivity (Wildman–Crippen MR) is 109 cm³/mol. The van der Waals surface area contributed by atoms with Crippen LogP contribution in [0.2, 0.25) is 0 Å². The van der Waals surface area contributed by atoms with Gasteiger partial charge in [-0.15, -0.1) is 0 Å². The third-order valence-electron chi connectivity index (χ3n) is 6.52. The molecule has 3 aliphatic heterocycles. The van der Waals surface area contributed by atoms with Crippen LogP contribution in [0.5, 0.6) is 0 Å². The number of pyridine rings is 1. The highest BCUT2D eigenvalue weighted by Crippen LogP contribution is 2.44. The van der Waals surface area contributed by atoms with E-state index in [1.807, 2.05) is 0 Å². The molecule has 1 aromatic carbocycles. The monoisotopic (exact) mass is 407 g/mol. The standard InChI is InChI=1S/C22H22FN5O2/c23-17-4-2-1-3-14(17)19-15-5-7-25-10-18(15)26-20(16(19)9-24)27-8-6-22(11-27)12-28(13-22)21(29)30/h1-4,25H,5-8,10-13H2,(H,29,30). The smallest absolute Gasteiger partial charge is 0.407 e. The minimum absolute atomic E-state index is 0.0842. The Morgan fingerprint density at radius 1 is 1.30 bits per heavy atom. The van der Waals surface area contributed by atoms with Crippen LogP contribution in [0.4, 0.5) is 15.0 Å². The maximum Gasteiger partial charge on any atom is 0.407 e. The third-order valence-corrected chi connectivity index (χ3v) is 6.52. The fourth-order valence-corrected chi connectivity index (χ4v) is 5.06. The van der Waals surface area contributed by atoms with Gasteiger partial charge in [0.2, 0.25) is 0 Å². The second-order valence-electron chi connectivity index (χ2n) is 8.44. The van der Waals surface area contributed by atoms with Gasteiger partial charge >= 0.3 is 6.09 Å². The van der Waals surface area contributed by atoms with Crippen LogP contribution in [-0.4, -0.2) is 53.8 Å². The molecule has 2 saturated heterocycles. The van der Waals surface area contributed by atoms with Gasteiger partial charge in [-0.1, -0.05) is 18.2 Å². The number of nitriles is 1. The number of rotatable bonds is 2. The first-order chi connectivity index (χ1) is 14.5. The van der Waals surface area contributed by atoms with Crippen molar-refractivity contribution < 1.29 is 14.3 Å². The van der Waals surface area contributed by atoms with Crippen LogP contribution in [0.3, 0.4) is 0 Å². The van der Waals surface area contributed by atoms with Crippen molar-refractivity contribution >= 4 is 11.9 Å². The molecule has 1 aromatic heterocycles. The first kappa shape index (κ1) is 18.8. The van der Waals surface area contributed by atoms with Crippen molar-refractivity contribution in [1.29, 1.82) is 5.26 Å². The highest BCUT2D eigenvalue weighted by atomic mass is 19.1. The molecule has 4 heterocycles. The molecule has 7 nitrogen and oxygen atoms in total. The summed E-state index contributed by atoms with van der Waals surface area (Å²) >= 11 is 0. The van der Waals surface area contributed by atoms with Gasteiger partial charge in [0.05, 0.1) is 5.69 Å². The van der Waals surface area contributed by atoms with E-state index in [1.54, 1.807) is 18.2 Å². The summed E-state index contributed by atoms with van der Waals surface area (Å²) in [4.78, 5) is 19.5. The molecule has 0 bridgehead atoms. The number of fused-ring (bicyclic) bond motifs is 1. The number of nitrogens with zero attached hydrogens (tertiary/aromatic N) is 4. The lowest BCUT2D eigenvalue weighted by molar-refractivity contribution is 0.0251. The number of hydrogen-bond donors (Lipinski definition) is 2. The van der Waals surface area contributed by atoms with E-state index in [1.165, 1.54) is 11.0 Å². The average Bonchev–Trinajstić information content (AvgIpc) is 3.17. The molecule has 154 valence electrons. The van der Waals surface area contributed by atoms with E-state index >= 15 is 0 Å². The van der Waals surface area contributed by atoms with Gasteiger partial charge in [-0.3, -0.25) is 0 Å². The van der Waals surface area contributed by atoms with E-state index in [9.17, 15) is 19.6 Å². The lowest BCUT2D eigenvalue weighted by atomic mass is 9.79. The highest BCUT2D eigenvalue weighted by molar-refractivity contribution is 5.81. The summed E-state index contributed by atoms with van der Waals surface area (Å²) in [5.74, 6) is 0.240. The lowest BCUT2D eigenvalue weighted by Crippen LogP contribution is -2.59. The molecule has 8 heteroatoms. The van der Waals surface area contributed by atoms with Crippen LogP contribution in [0.15, 0.2) is 24.3 Å². The fourth-order valence-electron chi connectivity index (χ4n) is 5.06. The molecule has 0 saturated carbocycles. The predicted octanol–water partition coefficient (Wildman–Crippen LogP) is 2.60. The van der Waals surface area contributed by atoms with E-state index in [2.05, 4.69) is 16.3 Å². The van der Waals surface area contributed by atoms with Crippen LogP contribution in [0, 0.1) is 22.6 Å². The first-order valence-electron chi connectivity index (χ1n) is 10.2. The zero-order chi connectivity index (χ0) is 20.9. The third kappa shape index (κ3) is 2.89. The number of nitrogens with one attached hydrogen (secondary N) is 1. The van der Waals surface area contributed by atoms with Gasteiger partial charge < -0.3 is 20.2 Å². The van der Waals surface area contributed by atoms with Crippen molar-refractivity contribution in [3.63, 3.8) is 0 Å². The SMILES string of the molecule is N#Cc1c(N2CCC3(CN(C(=O)O)C3)C2)nc2c(c1-c1ccccc1F)CCNC2. The molecular weight excluding hydrogens is 385 g/mol. The Labute approximate surface area is 173 Å². The zero-order valence-corrected chi connectivity index (χ0v) is 16.5. The van der Waals surface area contributed by atoms with E-state index in [4.69, 9.17) is 4.98 Å². The minimum Gasteiger partial charge on any atom is -0.465 e. The molecule has 0 unspecified atom stereocenters. The molecule has 0 radical (unpaired) electrons. The number of halogens is 1. The molecule has 2 aromatic rings. The van der Waals surface area contributed by atoms with Crippen molar-refractivity contribution in [3.05, 3.63) is 46.9 Å². The number of hydrogen-bond acceptors (Lipinski definition) is 5. The van der Waals surface area contributed by atoms with Crippen molar-refractivity contribution in [1.82, 2.24) is 15.2 Å². The lowest BCUT2D eigenvalue weighted by Gasteiger charge is -2.46. The van der Waals surface area contributed by atoms with Crippen LogP contribution < -0.4 is 10.2 Å². The number of benzene rings is 1. The van der Waals surface area contributed by atoms with Gasteiger partial charge in [0.25, 0.3) is 0 Å². The van der Waals surface area contributed by atoms with E-state index in [-0.39, 0.29) is 11.2 Å². The largest absolute Gasteiger partial charge is 0.465 e. The molecule has 1 amide bonds. The molecule has 3 aliphatic rings. The second-order valence-corrected chi connectivity index (χ2v) is 8.44. The van der Waals surface area contributed by atoms with Gasteiger partial charge in [-0.05, 0) is 31.0 Å². The highest BCUT2D eigenvalue weighted by Gasteiger charge is 2.50. The summed E-state index contributed by atoms with van der Waals surface area (Å²) in [5, 5.41) is 22.6. The normalized spacial score (nSPS) is 19.3. The van der Waals surface area contributed by atoms with Crippen LogP contribution in [0.1, 0.15) is 23.2 Å². The quantitative estimate of drug-likeness (QED) is 0.795. The number of amides is 1. The number of likely N-dealkylation sites (tertiary alicyclic amines) is 1. The molecule has 1 spiro atoms. The Bertz CT molecular complexity index is 1070. The summed E-state index contributed by atoms with van der Waals surface area (Å²) in [7, 11) is 0. The fraction of sp³-hybridized carbons (Fsp3) is 0.409. The topological polar surface area (TPSA) is 92.5 Å². The molecule has 2 fully saturated rings. The molecular formula is C22H22FN5O2. The van der Waals surface area contributed by atoms with Gasteiger partial charge in [-0.25, -0.2) is 14.2 Å². The van der Waals surface area contributed by atoms with Crippen molar-refractivity contribution in [2.75, 3.05) is 37.6 Å². The summed E-state index contributed by atoms with van der Waals surface area (Å²) in [6.07, 6.45) is 0.656. The number of carbonyl (C=O) groups is 1. The summed E-state index contributed by atoms with van der Waals surface area (Å²) in [6.45, 7) is 3.72. The Kier molecular flexibility index (Phi) is 4.36. The van der Waals surface area contributed by atoms with Crippen molar-refractivity contribution in [2.45, 2.75) is 19.4 Å². The molecule has 2 N–H and O–H groups in total. The summed E-state index contributed by atoms with van der Waals surface area (Å²) in [5.41, 5.74) is 3.21. The average molecular weight is 407 g/mol. The Balaban J connectivity index is 1.59. The van der Waals surface area contributed by atoms with E-state index in [0.717, 1.165) is 24.2 Å². The van der Waals surface area contributed by atoms with E-state index < -0.39 is 6.09 Å². The summed E-state index contributed by atoms with van der Waals surface area (Å²) < 4.78 is 14.8. The Morgan fingerprint density at radius 2 is 2.10 bits per heavy atom. The molecule has 5 rings (SSSR count). The number of aromatic nitrogens is 1. The van der Waals surface area contributed by atoms with Crippen LogP contribution >= 0.6 is 0 Å². The Morgan fingerprint density at radius 3 is 2.83 bits per heavy atom. The molecule has 30 heavy (non-hydrogen) atoms. The zero-order valence-electron chi connectivity index (χ0n) is 16.5. The van der Waals surface area contributed by atoms with Gasteiger partial charge in [0.15, 0.2) is 0 Å². The first-order valence-corrected chi connectivity index (χ1v) is 10.2. The number of carboxylic acid groups (broad SMARTS) is 1. The van der Waals surface area contributed by atoms with Gasteiger partial charge in [-0.2, -0.15) is 5.26 Å². The Hall–Kier alpha value is -3.18. The van der Waals surface area contributed by atoms with Crippen LogP contribution in [0.25, 0.3) is 11.1 Å². The molecule has 0 aliphatic carbocycles. The minimum atomic E-state index is -0.892. The summed E-state index contributed by atoms with van der Waals surface area (Å²) in [6, 6.07) is 8.89. The maximum absolute atomic E-state index is 14.8. The number of anilines is 1. The molecule has 0 atom stereocenters. The maximum atomic E-state index is 14.8. The van der Waals surface area contributed by atoms with E-state index in [0.29, 0.717) is 61.7 Å². The van der Waals surface area contributed by atoms with Crippen molar-refractivity contribution in [3.8, 4) is 17.2 Å². The second kappa shape index (κ2) is 6.96. The van der Waals surface area contributed by atoms with Gasteiger partial charge in [0, 0.05) is 49.3 Å². The van der Waals surface area contributed by atoms with Crippen molar-refractivity contribution in [2.24, 2.45) is 5.41 Å². The van der Waals surface area contributed by atoms with Gasteiger partial charge in [0.1, 0.15) is 23.3 Å².